The lowest BCUT2D eigenvalue weighted by atomic mass is 10.2. The standard InChI is InChI=1S/C10H14N4O2/c1-14-12-9-4-2-3-8(10(9)13-14)11-5-7(16)6-15/h2-4,7,11,15-16H,5-6H2,1H3. The molecule has 0 aliphatic rings. The number of aliphatic hydroxyl groups excluding tert-OH is 2. The Morgan fingerprint density at radius 3 is 3.00 bits per heavy atom. The molecule has 0 saturated carbocycles. The molecule has 16 heavy (non-hydrogen) atoms. The molecule has 1 heterocycles. The van der Waals surface area contributed by atoms with Gasteiger partial charge in [0.2, 0.25) is 0 Å². The fourth-order valence-corrected chi connectivity index (χ4v) is 1.48. The van der Waals surface area contributed by atoms with Crippen molar-refractivity contribution in [3.63, 3.8) is 0 Å². The third-order valence-electron chi connectivity index (χ3n) is 2.25. The Kier molecular flexibility index (Phi) is 3.02. The molecule has 86 valence electrons. The highest BCUT2D eigenvalue weighted by Crippen LogP contribution is 2.19. The Labute approximate surface area is 92.5 Å². The van der Waals surface area contributed by atoms with Gasteiger partial charge < -0.3 is 15.5 Å². The first kappa shape index (κ1) is 10.8. The van der Waals surface area contributed by atoms with Crippen molar-refractivity contribution in [2.24, 2.45) is 7.05 Å². The van der Waals surface area contributed by atoms with Gasteiger partial charge in [0.05, 0.1) is 18.4 Å². The molecule has 0 spiro atoms. The van der Waals surface area contributed by atoms with E-state index in [1.807, 2.05) is 18.2 Å². The first-order valence-corrected chi connectivity index (χ1v) is 5.03. The van der Waals surface area contributed by atoms with Crippen LogP contribution in [0.3, 0.4) is 0 Å². The van der Waals surface area contributed by atoms with Crippen LogP contribution in [0.2, 0.25) is 0 Å². The number of hydrogen-bond donors (Lipinski definition) is 3. The van der Waals surface area contributed by atoms with Crippen molar-refractivity contribution in [2.45, 2.75) is 6.10 Å². The maximum absolute atomic E-state index is 9.24. The summed E-state index contributed by atoms with van der Waals surface area (Å²) in [5.74, 6) is 0. The van der Waals surface area contributed by atoms with Crippen molar-refractivity contribution in [1.82, 2.24) is 15.0 Å². The van der Waals surface area contributed by atoms with Crippen molar-refractivity contribution < 1.29 is 10.2 Å². The van der Waals surface area contributed by atoms with Gasteiger partial charge in [0.15, 0.2) is 0 Å². The lowest BCUT2D eigenvalue weighted by Crippen LogP contribution is -2.23. The molecule has 0 radical (unpaired) electrons. The molecule has 0 aliphatic heterocycles. The van der Waals surface area contributed by atoms with Crippen LogP contribution in [0.4, 0.5) is 5.69 Å². The molecule has 2 aromatic rings. The summed E-state index contributed by atoms with van der Waals surface area (Å²) in [7, 11) is 1.76. The third-order valence-corrected chi connectivity index (χ3v) is 2.25. The van der Waals surface area contributed by atoms with Gasteiger partial charge in [0, 0.05) is 13.6 Å². The number of aromatic nitrogens is 3. The van der Waals surface area contributed by atoms with Crippen LogP contribution in [0.1, 0.15) is 0 Å². The van der Waals surface area contributed by atoms with E-state index in [0.29, 0.717) is 0 Å². The molecule has 6 heteroatoms. The van der Waals surface area contributed by atoms with Gasteiger partial charge in [-0.25, -0.2) is 0 Å². The first-order chi connectivity index (χ1) is 7.70. The second-order valence-corrected chi connectivity index (χ2v) is 3.58. The normalized spacial score (nSPS) is 12.9. The summed E-state index contributed by atoms with van der Waals surface area (Å²) in [5.41, 5.74) is 2.36. The summed E-state index contributed by atoms with van der Waals surface area (Å²) < 4.78 is 0. The fourth-order valence-electron chi connectivity index (χ4n) is 1.48. The van der Waals surface area contributed by atoms with E-state index in [9.17, 15) is 5.11 Å². The van der Waals surface area contributed by atoms with E-state index >= 15 is 0 Å². The third kappa shape index (κ3) is 2.12. The molecule has 0 aliphatic carbocycles. The van der Waals surface area contributed by atoms with E-state index in [2.05, 4.69) is 15.5 Å². The zero-order valence-corrected chi connectivity index (χ0v) is 8.96. The minimum absolute atomic E-state index is 0.260. The van der Waals surface area contributed by atoms with Crippen molar-refractivity contribution in [3.05, 3.63) is 18.2 Å². The van der Waals surface area contributed by atoms with Crippen molar-refractivity contribution >= 4 is 16.7 Å². The van der Waals surface area contributed by atoms with Gasteiger partial charge in [0.25, 0.3) is 0 Å². The minimum atomic E-state index is -0.771. The molecule has 0 fully saturated rings. The number of aliphatic hydroxyl groups is 2. The quantitative estimate of drug-likeness (QED) is 0.663. The number of fused-ring (bicyclic) bond motifs is 1. The van der Waals surface area contributed by atoms with E-state index in [0.717, 1.165) is 16.7 Å². The molecule has 0 saturated heterocycles. The molecular weight excluding hydrogens is 208 g/mol. The molecule has 2 rings (SSSR count). The summed E-state index contributed by atoms with van der Waals surface area (Å²) in [6, 6.07) is 5.60. The van der Waals surface area contributed by atoms with Gasteiger partial charge in [-0.2, -0.15) is 15.0 Å². The summed E-state index contributed by atoms with van der Waals surface area (Å²) in [6.07, 6.45) is -0.771. The zero-order chi connectivity index (χ0) is 11.5. The van der Waals surface area contributed by atoms with Crippen LogP contribution in [0, 0.1) is 0 Å². The number of nitrogens with zero attached hydrogens (tertiary/aromatic N) is 3. The average Bonchev–Trinajstić information content (AvgIpc) is 2.66. The number of benzene rings is 1. The van der Waals surface area contributed by atoms with Crippen LogP contribution in [0.15, 0.2) is 18.2 Å². The van der Waals surface area contributed by atoms with Gasteiger partial charge in [0.1, 0.15) is 11.0 Å². The Hall–Kier alpha value is -1.66. The Balaban J connectivity index is 2.23. The Bertz CT molecular complexity index is 483. The highest BCUT2D eigenvalue weighted by molar-refractivity contribution is 5.87. The molecule has 3 N–H and O–H groups in total. The molecule has 6 nitrogen and oxygen atoms in total. The van der Waals surface area contributed by atoms with Crippen molar-refractivity contribution in [1.29, 1.82) is 0 Å². The first-order valence-electron chi connectivity index (χ1n) is 5.03. The topological polar surface area (TPSA) is 83.2 Å². The lowest BCUT2D eigenvalue weighted by molar-refractivity contribution is 0.105. The van der Waals surface area contributed by atoms with Gasteiger partial charge in [-0.1, -0.05) is 6.07 Å². The SMILES string of the molecule is Cn1nc2cccc(NCC(O)CO)c2n1. The maximum atomic E-state index is 9.24. The Morgan fingerprint density at radius 1 is 1.44 bits per heavy atom. The van der Waals surface area contributed by atoms with Gasteiger partial charge >= 0.3 is 0 Å². The molecule has 0 amide bonds. The van der Waals surface area contributed by atoms with Crippen LogP contribution in [-0.2, 0) is 7.05 Å². The van der Waals surface area contributed by atoms with E-state index in [4.69, 9.17) is 5.11 Å². The number of aryl methyl sites for hydroxylation is 1. The summed E-state index contributed by atoms with van der Waals surface area (Å²) >= 11 is 0. The largest absolute Gasteiger partial charge is 0.394 e. The van der Waals surface area contributed by atoms with Crippen LogP contribution in [0.5, 0.6) is 0 Å². The van der Waals surface area contributed by atoms with Crippen LogP contribution >= 0.6 is 0 Å². The van der Waals surface area contributed by atoms with Gasteiger partial charge in [-0.05, 0) is 12.1 Å². The van der Waals surface area contributed by atoms with Crippen molar-refractivity contribution in [3.8, 4) is 0 Å². The molecule has 1 unspecified atom stereocenters. The van der Waals surface area contributed by atoms with Gasteiger partial charge in [-0.3, -0.25) is 0 Å². The smallest absolute Gasteiger partial charge is 0.136 e. The van der Waals surface area contributed by atoms with Crippen LogP contribution in [-0.4, -0.2) is 44.5 Å². The summed E-state index contributed by atoms with van der Waals surface area (Å²) in [5, 5.41) is 29.4. The van der Waals surface area contributed by atoms with Crippen LogP contribution in [0.25, 0.3) is 11.0 Å². The monoisotopic (exact) mass is 222 g/mol. The van der Waals surface area contributed by atoms with E-state index in [-0.39, 0.29) is 13.2 Å². The predicted molar refractivity (Wildman–Crippen MR) is 60.1 cm³/mol. The summed E-state index contributed by atoms with van der Waals surface area (Å²) in [6.45, 7) is 0.0234. The number of nitrogens with one attached hydrogen (secondary N) is 1. The van der Waals surface area contributed by atoms with Gasteiger partial charge in [-0.15, -0.1) is 0 Å². The molecule has 0 bridgehead atoms. The van der Waals surface area contributed by atoms with Crippen molar-refractivity contribution in [2.75, 3.05) is 18.5 Å². The number of anilines is 1. The second-order valence-electron chi connectivity index (χ2n) is 3.58. The molecular formula is C10H14N4O2. The predicted octanol–water partition coefficient (Wildman–Crippen LogP) is -0.267. The maximum Gasteiger partial charge on any atom is 0.136 e. The number of rotatable bonds is 4. The molecule has 1 aromatic heterocycles. The summed E-state index contributed by atoms with van der Waals surface area (Å²) in [4.78, 5) is 1.50. The molecule has 1 atom stereocenters. The Morgan fingerprint density at radius 2 is 2.25 bits per heavy atom. The molecule has 1 aromatic carbocycles. The number of hydrogen-bond acceptors (Lipinski definition) is 5. The lowest BCUT2D eigenvalue weighted by Gasteiger charge is -2.09. The minimum Gasteiger partial charge on any atom is -0.394 e. The van der Waals surface area contributed by atoms with E-state index < -0.39 is 6.10 Å². The van der Waals surface area contributed by atoms with E-state index in [1.165, 1.54) is 4.80 Å². The zero-order valence-electron chi connectivity index (χ0n) is 8.96. The van der Waals surface area contributed by atoms with E-state index in [1.54, 1.807) is 7.05 Å². The highest BCUT2D eigenvalue weighted by Gasteiger charge is 2.07. The average molecular weight is 222 g/mol. The van der Waals surface area contributed by atoms with Crippen LogP contribution < -0.4 is 5.32 Å². The highest BCUT2D eigenvalue weighted by atomic mass is 16.3. The second kappa shape index (κ2) is 4.46. The fraction of sp³-hybridized carbons (Fsp3) is 0.400.